The molecule has 2 aromatic heterocycles. The number of primary amides is 1. The first kappa shape index (κ1) is 87.8. The van der Waals surface area contributed by atoms with Gasteiger partial charge in [-0.1, -0.05) is 57.7 Å². The maximum atomic E-state index is 16.9. The number of phosphoric acid groups is 1. The summed E-state index contributed by atoms with van der Waals surface area (Å²) in [5.74, 6) is -11.5. The van der Waals surface area contributed by atoms with Gasteiger partial charge in [-0.15, -0.1) is 0 Å². The van der Waals surface area contributed by atoms with E-state index in [9.17, 15) is 57.0 Å². The number of carboxylic acid groups (broad SMARTS) is 1. The Kier molecular flexibility index (Phi) is 28.1. The number of anilines is 1. The van der Waals surface area contributed by atoms with Gasteiger partial charge in [0.05, 0.1) is 87.3 Å². The molecule has 112 heavy (non-hydrogen) atoms. The molecule has 28 nitrogen and oxygen atoms in total. The van der Waals surface area contributed by atoms with Crippen molar-refractivity contribution < 1.29 is 125 Å². The zero-order valence-electron chi connectivity index (χ0n) is 62.2. The van der Waals surface area contributed by atoms with Crippen molar-refractivity contribution in [3.05, 3.63) is 124 Å². The van der Waals surface area contributed by atoms with Gasteiger partial charge in [-0.25, -0.2) is 42.6 Å². The van der Waals surface area contributed by atoms with Crippen LogP contribution in [0, 0.1) is 53.1 Å². The minimum Gasteiger partial charge on any atom is -0.480 e. The van der Waals surface area contributed by atoms with Crippen molar-refractivity contribution in [2.75, 3.05) is 52.0 Å². The van der Waals surface area contributed by atoms with Gasteiger partial charge in [0.2, 0.25) is 23.7 Å². The monoisotopic (exact) mass is 1610 g/mol. The maximum Gasteiger partial charge on any atom is 0.524 e. The molecule has 3 aliphatic heterocycles. The van der Waals surface area contributed by atoms with Gasteiger partial charge in [0.25, 0.3) is 0 Å². The molecule has 3 saturated heterocycles. The van der Waals surface area contributed by atoms with E-state index in [-0.39, 0.29) is 26.9 Å². The number of hydrazine groups is 1. The Labute approximate surface area is 636 Å². The number of nitrogens with zero attached hydrogens (tertiary/aromatic N) is 7. The van der Waals surface area contributed by atoms with Crippen LogP contribution >= 0.6 is 7.82 Å². The van der Waals surface area contributed by atoms with Crippen LogP contribution in [0.3, 0.4) is 0 Å². The maximum absolute atomic E-state index is 16.9. The quantitative estimate of drug-likeness (QED) is 0.00505. The topological polar surface area (TPSA) is 376 Å². The number of fused-ring (bicyclic) bond motifs is 2. The van der Waals surface area contributed by atoms with Gasteiger partial charge in [0.15, 0.2) is 5.78 Å². The molecule has 3 aromatic carbocycles. The number of carboxylic acids is 1. The normalized spacial score (nSPS) is 17.1. The number of carbonyl (C=O) groups excluding carboxylic acids is 7. The second-order valence-electron chi connectivity index (χ2n) is 29.5. The fraction of sp³-hybridized carbons (Fsp3) is 0.521. The second kappa shape index (κ2) is 35.9. The van der Waals surface area contributed by atoms with Crippen LogP contribution in [0.1, 0.15) is 132 Å². The van der Waals surface area contributed by atoms with E-state index >= 15 is 44.7 Å². The van der Waals surface area contributed by atoms with Crippen LogP contribution in [0.15, 0.2) is 73.2 Å². The van der Waals surface area contributed by atoms with E-state index in [2.05, 4.69) is 56.9 Å². The molecule has 5 heterocycles. The number of amides is 4. The molecule has 8 N–H and O–H groups in total. The first-order chi connectivity index (χ1) is 52.2. The fourth-order valence-corrected chi connectivity index (χ4v) is 14.2. The number of aryl methyl sites for hydroxylation is 1. The van der Waals surface area contributed by atoms with Crippen LogP contribution in [-0.4, -0.2) is 188 Å². The van der Waals surface area contributed by atoms with E-state index in [4.69, 9.17) is 19.7 Å². The van der Waals surface area contributed by atoms with Gasteiger partial charge in [-0.2, -0.15) is 40.2 Å². The summed E-state index contributed by atoms with van der Waals surface area (Å²) < 4.78 is 192. The lowest BCUT2D eigenvalue weighted by molar-refractivity contribution is -0.231. The van der Waals surface area contributed by atoms with Crippen molar-refractivity contribution in [3.63, 3.8) is 0 Å². The molecule has 2 bridgehead atoms. The second-order valence-corrected chi connectivity index (χ2v) is 30.6. The highest BCUT2D eigenvalue weighted by atomic mass is 31.2. The van der Waals surface area contributed by atoms with Crippen LogP contribution in [0.25, 0.3) is 11.3 Å². The number of alkyl halides is 8. The van der Waals surface area contributed by atoms with Crippen LogP contribution in [-0.2, 0) is 81.9 Å². The Balaban J connectivity index is 1.27. The van der Waals surface area contributed by atoms with Gasteiger partial charge in [-0.3, -0.25) is 48.9 Å². The number of alkyl carbamates (subject to hydrolysis) is 1. The van der Waals surface area contributed by atoms with Crippen LogP contribution in [0.2, 0.25) is 0 Å². The summed E-state index contributed by atoms with van der Waals surface area (Å²) in [5, 5.41) is 18.2. The van der Waals surface area contributed by atoms with E-state index < -0.39 is 213 Å². The predicted octanol–water partition coefficient (Wildman–Crippen LogP) is 8.63. The van der Waals surface area contributed by atoms with Gasteiger partial charge >= 0.3 is 50.7 Å². The van der Waals surface area contributed by atoms with E-state index in [1.54, 1.807) is 0 Å². The Hall–Kier alpha value is -9.80. The first-order valence-corrected chi connectivity index (χ1v) is 36.6. The van der Waals surface area contributed by atoms with Gasteiger partial charge in [-0.05, 0) is 99.5 Å². The van der Waals surface area contributed by atoms with Crippen molar-refractivity contribution in [2.45, 2.75) is 173 Å². The summed E-state index contributed by atoms with van der Waals surface area (Å²) in [5.41, 5.74) is -2.57. The minimum atomic E-state index is -5.63. The number of piperazine rings is 1. The summed E-state index contributed by atoms with van der Waals surface area (Å²) in [6, 6.07) is 6.89. The number of benzene rings is 3. The minimum absolute atomic E-state index is 0.132. The van der Waals surface area contributed by atoms with E-state index in [1.165, 1.54) is 63.5 Å². The number of hydrogen-bond acceptors (Lipinski definition) is 20. The smallest absolute Gasteiger partial charge is 0.480 e. The highest BCUT2D eigenvalue weighted by Gasteiger charge is 2.57. The molecule has 0 aliphatic carbocycles. The predicted molar refractivity (Wildman–Crippen MR) is 376 cm³/mol. The van der Waals surface area contributed by atoms with Crippen LogP contribution < -0.4 is 31.2 Å². The number of carbonyl (C=O) groups is 8. The number of hydrogen-bond donors (Lipinski definition) is 7. The Morgan fingerprint density at radius 3 is 1.93 bits per heavy atom. The molecule has 0 radical (unpaired) electrons. The molecular formula is C73H86F10N11O17P. The average molecular weight is 1610 g/mol. The number of phosphoric ester groups is 1. The number of rotatable bonds is 34. The molecule has 5 aromatic rings. The molecule has 3 aliphatic rings. The molecule has 7 atom stereocenters. The van der Waals surface area contributed by atoms with Gasteiger partial charge < -0.3 is 49.8 Å². The molecule has 3 fully saturated rings. The third kappa shape index (κ3) is 22.3. The summed E-state index contributed by atoms with van der Waals surface area (Å²) >= 11 is 0. The lowest BCUT2D eigenvalue weighted by atomic mass is 9.75. The summed E-state index contributed by atoms with van der Waals surface area (Å²) in [7, 11) is -4.09. The number of methoxy groups -OCH3 is 2. The van der Waals surface area contributed by atoms with Crippen molar-refractivity contribution in [2.24, 2.45) is 28.4 Å². The largest absolute Gasteiger partial charge is 0.524 e. The van der Waals surface area contributed by atoms with Crippen molar-refractivity contribution >= 4 is 61.3 Å². The van der Waals surface area contributed by atoms with E-state index in [0.717, 1.165) is 45.4 Å². The van der Waals surface area contributed by atoms with Crippen LogP contribution in [0.4, 0.5) is 54.6 Å². The number of nitrogens with two attached hydrogens (primary N) is 1. The lowest BCUT2D eigenvalue weighted by Gasteiger charge is -2.47. The number of aliphatic carboxylic acids is 1. The highest BCUT2D eigenvalue weighted by Crippen LogP contribution is 2.48. The fourth-order valence-electron chi connectivity index (χ4n) is 13.8. The molecule has 0 spiro atoms. The van der Waals surface area contributed by atoms with Gasteiger partial charge in [0.1, 0.15) is 35.6 Å². The molecular weight excluding hydrogens is 1520 g/mol. The van der Waals surface area contributed by atoms with Crippen molar-refractivity contribution in [1.82, 2.24) is 45.7 Å². The number of halogens is 10. The Morgan fingerprint density at radius 2 is 1.40 bits per heavy atom. The van der Waals surface area contributed by atoms with Crippen molar-refractivity contribution in [1.29, 1.82) is 0 Å². The SMILES string of the molecule is COC(=O)C[C@H](C(=O)NN(Cc1c(F)cc(-c2ccn(C(F)F)n2)cc1F)C[C@H](OC(=O)CC(C)(C)c1c(CC(=O)N[C@@H](CCC(N)=O)C(=O)O)cc(C)cc1OP(=O)(O)O)[C@@H](CC(=O)[C@@H](NC(=O)OC)C(C)(C)C(F)(F)F)Cc1ccc(C#Cc2cnc(N3CC4CCC(C3)N4C3COC3)nc2)cc1)C(C)(C)C(F)(F)F. The van der Waals surface area contributed by atoms with E-state index in [1.807, 2.05) is 5.32 Å². The van der Waals surface area contributed by atoms with Crippen LogP contribution in [0.5, 0.6) is 5.75 Å². The molecule has 2 unspecified atom stereocenters. The standard InChI is InChI=1S/C73H86F10N11O17P/c1-39-22-45(28-59(97)87-54(65(101)102)18-19-58(84)96)62(56(23-39)111-112(104,105)106)69(2,3)30-61(99)110-57(36-92(90-64(100)50(29-60(98)107-8)70(4,5)72(78,79)80)35-49-51(74)25-43(26-52(49)75)53-20-21-93(89-53)66(76)77)44(27-55(95)63(88-68(103)108-9)71(6,7)73(81,82)83)24-41-13-10-40(11-14-41)12-15-42-31-85-67(86-32-42)91-33-46-16-17-47(34-91)94(46)48-37-109-38-48/h10-11,13-14,20-23,25-26,31-32,44,46-48,50,54,57,63,66H,16-19,24,27-30,33-38H2,1-9H3,(H2,84,96)(H,87,97)(H,88,103)(H,90,100)(H,101,102)(H2,104,105,106)/t44-,46?,47?,50-,54+,57+,63-/m1/s1. The third-order valence-corrected chi connectivity index (χ3v) is 20.5. The summed E-state index contributed by atoms with van der Waals surface area (Å²) in [6.45, 7) is 2.90. The zero-order chi connectivity index (χ0) is 82.9. The molecule has 610 valence electrons. The van der Waals surface area contributed by atoms with Crippen molar-refractivity contribution in [3.8, 4) is 28.8 Å². The molecule has 39 heteroatoms. The number of nitrogens with one attached hydrogen (secondary N) is 3. The summed E-state index contributed by atoms with van der Waals surface area (Å²) in [6.07, 6.45) is -14.8. The Morgan fingerprint density at radius 1 is 0.795 bits per heavy atom. The molecule has 0 saturated carbocycles. The summed E-state index contributed by atoms with van der Waals surface area (Å²) in [4.78, 5) is 144. The van der Waals surface area contributed by atoms with Gasteiger partial charge in [0, 0.05) is 96.7 Å². The lowest BCUT2D eigenvalue weighted by Crippen LogP contribution is -2.62. The molecule has 8 rings (SSSR count). The number of ketones is 1. The average Bonchev–Trinajstić information content (AvgIpc) is 1.26. The number of ether oxygens (including phenoxy) is 4. The number of Topliss-reactive ketones (excluding diaryl/α,β-unsaturated/α-hetero) is 1. The zero-order valence-corrected chi connectivity index (χ0v) is 63.1. The first-order valence-electron chi connectivity index (χ1n) is 35.1. The van der Waals surface area contributed by atoms with E-state index in [0.29, 0.717) is 106 Å². The Bertz CT molecular complexity index is 4360. The number of aromatic nitrogens is 4. The third-order valence-electron chi connectivity index (χ3n) is 20.1. The highest BCUT2D eigenvalue weighted by molar-refractivity contribution is 7.46. The molecule has 4 amide bonds. The number of esters is 2.